The zero-order chi connectivity index (χ0) is 20.0. The third-order valence-electron chi connectivity index (χ3n) is 6.77. The molecule has 0 aliphatic heterocycles. The van der Waals surface area contributed by atoms with Gasteiger partial charge in [-0.25, -0.2) is 4.79 Å². The van der Waals surface area contributed by atoms with Gasteiger partial charge in [0, 0.05) is 36.8 Å². The highest BCUT2D eigenvalue weighted by Gasteiger charge is 2.26. The van der Waals surface area contributed by atoms with Crippen molar-refractivity contribution in [2.45, 2.75) is 63.2 Å². The Labute approximate surface area is 171 Å². The molecule has 0 unspecified atom stereocenters. The average Bonchev–Trinajstić information content (AvgIpc) is 3.53. The SMILES string of the molecule is Cn1cc(C2CCCCC2)c2cc(Cc3ncc(C4CC4)cc3C(=O)O)ccc21. The summed E-state index contributed by atoms with van der Waals surface area (Å²) in [5.74, 6) is 0.278. The van der Waals surface area contributed by atoms with Crippen molar-refractivity contribution in [2.75, 3.05) is 0 Å². The molecular weight excluding hydrogens is 360 g/mol. The van der Waals surface area contributed by atoms with E-state index in [0.29, 0.717) is 29.5 Å². The molecule has 0 atom stereocenters. The first kappa shape index (κ1) is 18.4. The molecule has 2 heterocycles. The molecule has 2 aromatic heterocycles. The highest BCUT2D eigenvalue weighted by molar-refractivity contribution is 5.89. The number of benzene rings is 1. The van der Waals surface area contributed by atoms with Crippen LogP contribution < -0.4 is 0 Å². The number of aromatic nitrogens is 2. The molecule has 29 heavy (non-hydrogen) atoms. The molecule has 0 saturated heterocycles. The van der Waals surface area contributed by atoms with Gasteiger partial charge in [0.1, 0.15) is 0 Å². The summed E-state index contributed by atoms with van der Waals surface area (Å²) in [5.41, 5.74) is 5.94. The summed E-state index contributed by atoms with van der Waals surface area (Å²) in [5, 5.41) is 11.0. The van der Waals surface area contributed by atoms with E-state index in [2.05, 4.69) is 41.0 Å². The molecule has 0 bridgehead atoms. The lowest BCUT2D eigenvalue weighted by Gasteiger charge is -2.21. The van der Waals surface area contributed by atoms with Gasteiger partial charge in [-0.15, -0.1) is 0 Å². The fourth-order valence-electron chi connectivity index (χ4n) is 4.99. The standard InChI is InChI=1S/C25H28N2O2/c1-27-15-22(18-5-3-2-4-6-18)20-11-16(7-10-24(20)27)12-23-21(25(28)29)13-19(14-26-23)17-8-9-17/h7,10-11,13-15,17-18H,2-6,8-9,12H2,1H3,(H,28,29). The van der Waals surface area contributed by atoms with Gasteiger partial charge in [0.25, 0.3) is 0 Å². The minimum Gasteiger partial charge on any atom is -0.478 e. The highest BCUT2D eigenvalue weighted by Crippen LogP contribution is 2.40. The summed E-state index contributed by atoms with van der Waals surface area (Å²) in [6, 6.07) is 8.41. The lowest BCUT2D eigenvalue weighted by atomic mass is 9.84. The van der Waals surface area contributed by atoms with Crippen molar-refractivity contribution >= 4 is 16.9 Å². The number of hydrogen-bond acceptors (Lipinski definition) is 2. The van der Waals surface area contributed by atoms with Crippen LogP contribution in [0.3, 0.4) is 0 Å². The fourth-order valence-corrected chi connectivity index (χ4v) is 4.99. The maximum absolute atomic E-state index is 11.8. The van der Waals surface area contributed by atoms with E-state index in [1.165, 1.54) is 48.6 Å². The van der Waals surface area contributed by atoms with Crippen molar-refractivity contribution in [3.8, 4) is 0 Å². The Bertz CT molecular complexity index is 1070. The normalized spacial score (nSPS) is 17.7. The first-order chi connectivity index (χ1) is 14.1. The van der Waals surface area contributed by atoms with E-state index in [4.69, 9.17) is 0 Å². The number of carboxylic acid groups (broad SMARTS) is 1. The number of hydrogen-bond donors (Lipinski definition) is 1. The zero-order valence-electron chi connectivity index (χ0n) is 17.0. The smallest absolute Gasteiger partial charge is 0.337 e. The van der Waals surface area contributed by atoms with Crippen LogP contribution >= 0.6 is 0 Å². The fraction of sp³-hybridized carbons (Fsp3) is 0.440. The molecule has 0 amide bonds. The van der Waals surface area contributed by atoms with Crippen molar-refractivity contribution < 1.29 is 9.90 Å². The molecule has 0 spiro atoms. The van der Waals surface area contributed by atoms with Crippen LogP contribution in [0.2, 0.25) is 0 Å². The van der Waals surface area contributed by atoms with Crippen LogP contribution in [0.4, 0.5) is 0 Å². The maximum atomic E-state index is 11.8. The number of carboxylic acids is 1. The number of fused-ring (bicyclic) bond motifs is 1. The lowest BCUT2D eigenvalue weighted by Crippen LogP contribution is -2.07. The number of aryl methyl sites for hydroxylation is 1. The van der Waals surface area contributed by atoms with Gasteiger partial charge in [0.15, 0.2) is 0 Å². The number of aromatic carboxylic acids is 1. The molecule has 4 heteroatoms. The van der Waals surface area contributed by atoms with Crippen LogP contribution in [0.1, 0.15) is 89.5 Å². The number of nitrogens with zero attached hydrogens (tertiary/aromatic N) is 2. The molecule has 4 nitrogen and oxygen atoms in total. The van der Waals surface area contributed by atoms with Crippen molar-refractivity contribution in [3.05, 3.63) is 64.6 Å². The van der Waals surface area contributed by atoms with Crippen LogP contribution in [0.25, 0.3) is 10.9 Å². The van der Waals surface area contributed by atoms with Crippen LogP contribution in [0.15, 0.2) is 36.7 Å². The summed E-state index contributed by atoms with van der Waals surface area (Å²) in [6.07, 6.45) is 13.6. The first-order valence-corrected chi connectivity index (χ1v) is 10.9. The number of rotatable bonds is 5. The van der Waals surface area contributed by atoms with E-state index >= 15 is 0 Å². The molecule has 2 aliphatic rings. The van der Waals surface area contributed by atoms with E-state index in [0.717, 1.165) is 24.0 Å². The van der Waals surface area contributed by atoms with Gasteiger partial charge in [-0.1, -0.05) is 25.3 Å². The van der Waals surface area contributed by atoms with E-state index in [1.54, 1.807) is 0 Å². The molecule has 3 aromatic rings. The summed E-state index contributed by atoms with van der Waals surface area (Å²) >= 11 is 0. The summed E-state index contributed by atoms with van der Waals surface area (Å²) in [4.78, 5) is 16.4. The largest absolute Gasteiger partial charge is 0.478 e. The molecule has 2 saturated carbocycles. The van der Waals surface area contributed by atoms with Crippen molar-refractivity contribution in [1.29, 1.82) is 0 Å². The van der Waals surface area contributed by atoms with Gasteiger partial charge in [0.2, 0.25) is 0 Å². The zero-order valence-corrected chi connectivity index (χ0v) is 17.0. The van der Waals surface area contributed by atoms with E-state index in [9.17, 15) is 9.90 Å². The second-order valence-electron chi connectivity index (χ2n) is 8.90. The Morgan fingerprint density at radius 2 is 1.90 bits per heavy atom. The van der Waals surface area contributed by atoms with E-state index in [-0.39, 0.29) is 0 Å². The van der Waals surface area contributed by atoms with Crippen LogP contribution in [-0.4, -0.2) is 20.6 Å². The second kappa shape index (κ2) is 7.33. The minimum absolute atomic E-state index is 0.357. The quantitative estimate of drug-likeness (QED) is 0.602. The lowest BCUT2D eigenvalue weighted by molar-refractivity contribution is 0.0695. The van der Waals surface area contributed by atoms with Gasteiger partial charge in [-0.05, 0) is 72.4 Å². The molecule has 1 aromatic carbocycles. The molecule has 2 aliphatic carbocycles. The van der Waals surface area contributed by atoms with Gasteiger partial charge < -0.3 is 9.67 Å². The molecule has 150 valence electrons. The molecule has 1 N–H and O–H groups in total. The molecular formula is C25H28N2O2. The predicted molar refractivity (Wildman–Crippen MR) is 115 cm³/mol. The van der Waals surface area contributed by atoms with Crippen LogP contribution in [0, 0.1) is 0 Å². The molecule has 5 rings (SSSR count). The Morgan fingerprint density at radius 3 is 2.62 bits per heavy atom. The predicted octanol–water partition coefficient (Wildman–Crippen LogP) is 5.79. The van der Waals surface area contributed by atoms with Gasteiger partial charge >= 0.3 is 5.97 Å². The van der Waals surface area contributed by atoms with E-state index < -0.39 is 5.97 Å². The van der Waals surface area contributed by atoms with Gasteiger partial charge in [0.05, 0.1) is 11.3 Å². The Morgan fingerprint density at radius 1 is 1.10 bits per heavy atom. The van der Waals surface area contributed by atoms with Crippen LogP contribution in [0.5, 0.6) is 0 Å². The number of pyridine rings is 1. The topological polar surface area (TPSA) is 55.1 Å². The summed E-state index contributed by atoms with van der Waals surface area (Å²) in [7, 11) is 2.12. The molecule has 0 radical (unpaired) electrons. The van der Waals surface area contributed by atoms with Crippen LogP contribution in [-0.2, 0) is 13.5 Å². The van der Waals surface area contributed by atoms with Crippen molar-refractivity contribution in [1.82, 2.24) is 9.55 Å². The Kier molecular flexibility index (Phi) is 4.65. The van der Waals surface area contributed by atoms with Gasteiger partial charge in [-0.3, -0.25) is 4.98 Å². The number of carbonyl (C=O) groups is 1. The Balaban J connectivity index is 1.50. The minimum atomic E-state index is -0.876. The van der Waals surface area contributed by atoms with Gasteiger partial charge in [-0.2, -0.15) is 0 Å². The third kappa shape index (κ3) is 3.57. The maximum Gasteiger partial charge on any atom is 0.337 e. The molecule has 2 fully saturated rings. The summed E-state index contributed by atoms with van der Waals surface area (Å²) in [6.45, 7) is 0. The summed E-state index contributed by atoms with van der Waals surface area (Å²) < 4.78 is 2.23. The first-order valence-electron chi connectivity index (χ1n) is 10.9. The average molecular weight is 389 g/mol. The monoisotopic (exact) mass is 388 g/mol. The van der Waals surface area contributed by atoms with Crippen molar-refractivity contribution in [2.24, 2.45) is 7.05 Å². The van der Waals surface area contributed by atoms with E-state index in [1.807, 2.05) is 12.3 Å². The second-order valence-corrected chi connectivity index (χ2v) is 8.90. The van der Waals surface area contributed by atoms with Crippen molar-refractivity contribution in [3.63, 3.8) is 0 Å². The Hall–Kier alpha value is -2.62. The third-order valence-corrected chi connectivity index (χ3v) is 6.77. The highest BCUT2D eigenvalue weighted by atomic mass is 16.4.